The van der Waals surface area contributed by atoms with Crippen molar-refractivity contribution in [3.05, 3.63) is 54.0 Å². The third-order valence-corrected chi connectivity index (χ3v) is 3.65. The van der Waals surface area contributed by atoms with Crippen LogP contribution in [0.4, 0.5) is 5.69 Å². The SMILES string of the molecule is NC1Cc2ccccc2N(C(=O)CCc2ccco2)C1. The van der Waals surface area contributed by atoms with Gasteiger partial charge in [0.25, 0.3) is 0 Å². The third kappa shape index (κ3) is 2.60. The van der Waals surface area contributed by atoms with Crippen LogP contribution in [0.15, 0.2) is 47.1 Å². The topological polar surface area (TPSA) is 59.5 Å². The van der Waals surface area contributed by atoms with Crippen molar-refractivity contribution in [3.63, 3.8) is 0 Å². The molecule has 20 heavy (non-hydrogen) atoms. The molecule has 0 radical (unpaired) electrons. The van der Waals surface area contributed by atoms with Gasteiger partial charge in [-0.3, -0.25) is 4.79 Å². The van der Waals surface area contributed by atoms with E-state index in [1.165, 1.54) is 0 Å². The van der Waals surface area contributed by atoms with Crippen LogP contribution in [0, 0.1) is 0 Å². The lowest BCUT2D eigenvalue weighted by atomic mass is 9.98. The number of rotatable bonds is 3. The molecule has 0 bridgehead atoms. The maximum absolute atomic E-state index is 12.4. The second-order valence-electron chi connectivity index (χ2n) is 5.18. The zero-order valence-electron chi connectivity index (χ0n) is 11.3. The average Bonchev–Trinajstić information content (AvgIpc) is 2.97. The lowest BCUT2D eigenvalue weighted by Crippen LogP contribution is -2.46. The van der Waals surface area contributed by atoms with Gasteiger partial charge in [-0.2, -0.15) is 0 Å². The van der Waals surface area contributed by atoms with Crippen molar-refractivity contribution in [2.24, 2.45) is 5.73 Å². The molecule has 0 fully saturated rings. The van der Waals surface area contributed by atoms with Crippen LogP contribution < -0.4 is 10.6 Å². The Morgan fingerprint density at radius 2 is 2.15 bits per heavy atom. The van der Waals surface area contributed by atoms with Crippen molar-refractivity contribution in [2.75, 3.05) is 11.4 Å². The number of nitrogens with zero attached hydrogens (tertiary/aromatic N) is 1. The van der Waals surface area contributed by atoms with Crippen molar-refractivity contribution in [2.45, 2.75) is 25.3 Å². The quantitative estimate of drug-likeness (QED) is 0.929. The predicted molar refractivity (Wildman–Crippen MR) is 77.5 cm³/mol. The summed E-state index contributed by atoms with van der Waals surface area (Å²) in [4.78, 5) is 14.2. The van der Waals surface area contributed by atoms with Crippen LogP contribution in [-0.4, -0.2) is 18.5 Å². The number of carbonyl (C=O) groups excluding carboxylic acids is 1. The lowest BCUT2D eigenvalue weighted by Gasteiger charge is -2.33. The summed E-state index contributed by atoms with van der Waals surface area (Å²) in [6.07, 6.45) is 3.53. The molecule has 1 amide bonds. The minimum atomic E-state index is 0.0115. The molecule has 1 atom stereocenters. The highest BCUT2D eigenvalue weighted by Crippen LogP contribution is 2.27. The number of nitrogens with two attached hydrogens (primary N) is 1. The standard InChI is InChI=1S/C16H18N2O2/c17-13-10-12-4-1-2-6-15(12)18(11-13)16(19)8-7-14-5-3-9-20-14/h1-6,9,13H,7-8,10-11,17H2. The molecule has 0 saturated carbocycles. The molecule has 1 aliphatic rings. The summed E-state index contributed by atoms with van der Waals surface area (Å²) >= 11 is 0. The lowest BCUT2D eigenvalue weighted by molar-refractivity contribution is -0.118. The van der Waals surface area contributed by atoms with Gasteiger partial charge in [0, 0.05) is 31.1 Å². The minimum absolute atomic E-state index is 0.0115. The fraction of sp³-hybridized carbons (Fsp3) is 0.312. The van der Waals surface area contributed by atoms with E-state index in [0.717, 1.165) is 23.4 Å². The molecule has 4 nitrogen and oxygen atoms in total. The Kier molecular flexibility index (Phi) is 3.56. The number of anilines is 1. The zero-order valence-corrected chi connectivity index (χ0v) is 11.3. The maximum Gasteiger partial charge on any atom is 0.227 e. The van der Waals surface area contributed by atoms with Gasteiger partial charge < -0.3 is 15.1 Å². The Balaban J connectivity index is 1.74. The van der Waals surface area contributed by atoms with Gasteiger partial charge in [0.05, 0.1) is 6.26 Å². The van der Waals surface area contributed by atoms with Crippen molar-refractivity contribution >= 4 is 11.6 Å². The zero-order chi connectivity index (χ0) is 13.9. The number of para-hydroxylation sites is 1. The summed E-state index contributed by atoms with van der Waals surface area (Å²) in [5, 5.41) is 0. The summed E-state index contributed by atoms with van der Waals surface area (Å²) in [5.74, 6) is 0.942. The second kappa shape index (κ2) is 5.51. The van der Waals surface area contributed by atoms with Gasteiger partial charge in [-0.05, 0) is 30.2 Å². The van der Waals surface area contributed by atoms with Crippen LogP contribution in [0.2, 0.25) is 0 Å². The molecule has 2 heterocycles. The highest BCUT2D eigenvalue weighted by atomic mass is 16.3. The number of hydrogen-bond acceptors (Lipinski definition) is 3. The molecule has 1 aliphatic heterocycles. The second-order valence-corrected chi connectivity index (χ2v) is 5.18. The highest BCUT2D eigenvalue weighted by molar-refractivity contribution is 5.94. The van der Waals surface area contributed by atoms with Gasteiger partial charge >= 0.3 is 0 Å². The Bertz CT molecular complexity index is 592. The molecule has 1 unspecified atom stereocenters. The smallest absolute Gasteiger partial charge is 0.227 e. The van der Waals surface area contributed by atoms with E-state index < -0.39 is 0 Å². The van der Waals surface area contributed by atoms with E-state index in [1.807, 2.05) is 41.3 Å². The highest BCUT2D eigenvalue weighted by Gasteiger charge is 2.26. The Labute approximate surface area is 118 Å². The molecule has 1 aromatic carbocycles. The van der Waals surface area contributed by atoms with Gasteiger partial charge in [-0.15, -0.1) is 0 Å². The van der Waals surface area contributed by atoms with Crippen LogP contribution in [-0.2, 0) is 17.6 Å². The van der Waals surface area contributed by atoms with Gasteiger partial charge in [0.1, 0.15) is 5.76 Å². The third-order valence-electron chi connectivity index (χ3n) is 3.65. The van der Waals surface area contributed by atoms with E-state index in [0.29, 0.717) is 19.4 Å². The molecular weight excluding hydrogens is 252 g/mol. The molecule has 0 aliphatic carbocycles. The van der Waals surface area contributed by atoms with Crippen LogP contribution in [0.25, 0.3) is 0 Å². The first-order chi connectivity index (χ1) is 9.74. The van der Waals surface area contributed by atoms with E-state index in [-0.39, 0.29) is 11.9 Å². The fourth-order valence-electron chi connectivity index (χ4n) is 2.68. The molecule has 0 spiro atoms. The molecule has 1 aromatic heterocycles. The molecule has 2 N–H and O–H groups in total. The van der Waals surface area contributed by atoms with Gasteiger partial charge in [0.2, 0.25) is 5.91 Å². The number of aryl methyl sites for hydroxylation is 1. The summed E-state index contributed by atoms with van der Waals surface area (Å²) in [6.45, 7) is 0.591. The average molecular weight is 270 g/mol. The summed E-state index contributed by atoms with van der Waals surface area (Å²) in [7, 11) is 0. The minimum Gasteiger partial charge on any atom is -0.469 e. The summed E-state index contributed by atoms with van der Waals surface area (Å²) in [5.41, 5.74) is 8.21. The normalized spacial score (nSPS) is 17.9. The molecule has 104 valence electrons. The molecule has 2 aromatic rings. The maximum atomic E-state index is 12.4. The van der Waals surface area contributed by atoms with Crippen molar-refractivity contribution in [1.29, 1.82) is 0 Å². The molecule has 0 saturated heterocycles. The number of hydrogen-bond donors (Lipinski definition) is 1. The molecule has 3 rings (SSSR count). The van der Waals surface area contributed by atoms with Crippen molar-refractivity contribution < 1.29 is 9.21 Å². The predicted octanol–water partition coefficient (Wildman–Crippen LogP) is 2.13. The van der Waals surface area contributed by atoms with E-state index >= 15 is 0 Å². The number of carbonyl (C=O) groups is 1. The van der Waals surface area contributed by atoms with Gasteiger partial charge in [-0.25, -0.2) is 0 Å². The van der Waals surface area contributed by atoms with Crippen molar-refractivity contribution in [1.82, 2.24) is 0 Å². The first kappa shape index (κ1) is 12.9. The van der Waals surface area contributed by atoms with Gasteiger partial charge in [0.15, 0.2) is 0 Å². The number of amides is 1. The van der Waals surface area contributed by atoms with Crippen molar-refractivity contribution in [3.8, 4) is 0 Å². The Morgan fingerprint density at radius 3 is 2.95 bits per heavy atom. The van der Waals surface area contributed by atoms with E-state index in [4.69, 9.17) is 10.2 Å². The van der Waals surface area contributed by atoms with Crippen LogP contribution >= 0.6 is 0 Å². The first-order valence-corrected chi connectivity index (χ1v) is 6.90. The van der Waals surface area contributed by atoms with Crippen LogP contribution in [0.3, 0.4) is 0 Å². The first-order valence-electron chi connectivity index (χ1n) is 6.90. The summed E-state index contributed by atoms with van der Waals surface area (Å²) < 4.78 is 5.27. The van der Waals surface area contributed by atoms with Gasteiger partial charge in [-0.1, -0.05) is 18.2 Å². The monoisotopic (exact) mass is 270 g/mol. The molecule has 4 heteroatoms. The van der Waals surface area contributed by atoms with E-state index in [1.54, 1.807) is 6.26 Å². The number of furan rings is 1. The molecular formula is C16H18N2O2. The fourth-order valence-corrected chi connectivity index (χ4v) is 2.68. The number of benzene rings is 1. The Hall–Kier alpha value is -2.07. The number of fused-ring (bicyclic) bond motifs is 1. The largest absolute Gasteiger partial charge is 0.469 e. The van der Waals surface area contributed by atoms with E-state index in [2.05, 4.69) is 0 Å². The Morgan fingerprint density at radius 1 is 1.30 bits per heavy atom. The summed E-state index contributed by atoms with van der Waals surface area (Å²) in [6, 6.07) is 11.7. The van der Waals surface area contributed by atoms with Crippen LogP contribution in [0.1, 0.15) is 17.7 Å². The van der Waals surface area contributed by atoms with E-state index in [9.17, 15) is 4.79 Å². The van der Waals surface area contributed by atoms with Crippen LogP contribution in [0.5, 0.6) is 0 Å².